The predicted molar refractivity (Wildman–Crippen MR) is 64.6 cm³/mol. The number of ether oxygens (including phenoxy) is 3. The Bertz CT molecular complexity index is 336. The average molecular weight is 255 g/mol. The molecule has 0 aliphatic heterocycles. The third-order valence-electron chi connectivity index (χ3n) is 2.51. The molecule has 1 aliphatic rings. The number of carbonyl (C=O) groups excluding carboxylic acids is 2. The van der Waals surface area contributed by atoms with Crippen LogP contribution in [-0.4, -0.2) is 36.9 Å². The number of rotatable bonds is 7. The summed E-state index contributed by atoms with van der Waals surface area (Å²) in [5, 5.41) is 0. The summed E-state index contributed by atoms with van der Waals surface area (Å²) in [5.41, 5.74) is -0.981. The van der Waals surface area contributed by atoms with E-state index < -0.39 is 17.9 Å². The Labute approximate surface area is 107 Å². The van der Waals surface area contributed by atoms with Crippen molar-refractivity contribution in [3.63, 3.8) is 0 Å². The van der Waals surface area contributed by atoms with Crippen LogP contribution in [0.25, 0.3) is 0 Å². The number of hydrogen-bond acceptors (Lipinski definition) is 5. The molecule has 0 aromatic rings. The van der Waals surface area contributed by atoms with E-state index in [2.05, 4.69) is 6.92 Å². The van der Waals surface area contributed by atoms with Gasteiger partial charge in [-0.05, 0) is 26.0 Å². The molecule has 0 saturated heterocycles. The number of allylic oxidation sites excluding steroid dienone is 1. The van der Waals surface area contributed by atoms with Crippen LogP contribution in [0.1, 0.15) is 26.7 Å². The van der Waals surface area contributed by atoms with Crippen LogP contribution < -0.4 is 0 Å². The fourth-order valence-electron chi connectivity index (χ4n) is 1.84. The van der Waals surface area contributed by atoms with Gasteiger partial charge in [0.2, 0.25) is 0 Å². The van der Waals surface area contributed by atoms with Crippen molar-refractivity contribution in [2.45, 2.75) is 38.6 Å². The van der Waals surface area contributed by atoms with E-state index in [1.54, 1.807) is 13.0 Å². The topological polar surface area (TPSA) is 61.8 Å². The van der Waals surface area contributed by atoms with Crippen LogP contribution in [-0.2, 0) is 23.8 Å². The van der Waals surface area contributed by atoms with Crippen LogP contribution in [0.2, 0.25) is 0 Å². The molecule has 0 amide bonds. The van der Waals surface area contributed by atoms with E-state index in [4.69, 9.17) is 14.2 Å². The van der Waals surface area contributed by atoms with E-state index >= 15 is 0 Å². The van der Waals surface area contributed by atoms with Crippen molar-refractivity contribution in [3.8, 4) is 0 Å². The second kappa shape index (κ2) is 6.66. The van der Waals surface area contributed by atoms with Crippen LogP contribution in [0.3, 0.4) is 0 Å². The molecule has 101 valence electrons. The molecule has 2 atom stereocenters. The number of carbonyl (C=O) groups is 2. The Hall–Kier alpha value is -1.20. The van der Waals surface area contributed by atoms with Crippen LogP contribution in [0.5, 0.6) is 0 Å². The standard InChI is InChI=1S/C13H19O5/c1-4-16-10(3)18-13(7-6-11(14)8-13)9-12(15)17-5-2/h6-7,10H,3-5,8-9H2,1-2H3. The Morgan fingerprint density at radius 2 is 2.22 bits per heavy atom. The fraction of sp³-hybridized carbons (Fsp3) is 0.615. The Balaban J connectivity index is 2.68. The first-order chi connectivity index (χ1) is 8.51. The van der Waals surface area contributed by atoms with Gasteiger partial charge in [0, 0.05) is 20.0 Å². The van der Waals surface area contributed by atoms with Crippen molar-refractivity contribution in [2.75, 3.05) is 13.2 Å². The minimum Gasteiger partial charge on any atom is -0.466 e. The lowest BCUT2D eigenvalue weighted by atomic mass is 9.98. The Morgan fingerprint density at radius 3 is 2.72 bits per heavy atom. The average Bonchev–Trinajstić information content (AvgIpc) is 2.60. The minimum absolute atomic E-state index is 0.0117. The molecule has 2 unspecified atom stereocenters. The molecular formula is C13H19O5. The monoisotopic (exact) mass is 255 g/mol. The molecule has 0 bridgehead atoms. The lowest BCUT2D eigenvalue weighted by Crippen LogP contribution is -2.37. The molecule has 0 spiro atoms. The quantitative estimate of drug-likeness (QED) is 0.508. The van der Waals surface area contributed by atoms with Crippen molar-refractivity contribution in [1.82, 2.24) is 0 Å². The zero-order chi connectivity index (χ0) is 13.6. The minimum atomic E-state index is -0.981. The second-order valence-corrected chi connectivity index (χ2v) is 4.03. The van der Waals surface area contributed by atoms with E-state index in [-0.39, 0.29) is 18.6 Å². The van der Waals surface area contributed by atoms with E-state index in [1.165, 1.54) is 6.08 Å². The first-order valence-corrected chi connectivity index (χ1v) is 6.01. The Kier molecular flexibility index (Phi) is 5.50. The van der Waals surface area contributed by atoms with E-state index in [0.717, 1.165) is 0 Å². The first kappa shape index (κ1) is 14.9. The summed E-state index contributed by atoms with van der Waals surface area (Å²) in [6.07, 6.45) is 2.38. The largest absolute Gasteiger partial charge is 0.466 e. The van der Waals surface area contributed by atoms with Gasteiger partial charge in [0.05, 0.1) is 13.0 Å². The predicted octanol–water partition coefficient (Wildman–Crippen LogP) is 1.42. The maximum Gasteiger partial charge on any atom is 0.309 e. The molecule has 18 heavy (non-hydrogen) atoms. The third kappa shape index (κ3) is 4.23. The molecule has 1 rings (SSSR count). The van der Waals surface area contributed by atoms with Crippen LogP contribution >= 0.6 is 0 Å². The molecule has 0 saturated carbocycles. The summed E-state index contributed by atoms with van der Waals surface area (Å²) in [5.74, 6) is -0.483. The summed E-state index contributed by atoms with van der Waals surface area (Å²) >= 11 is 0. The van der Waals surface area contributed by atoms with Gasteiger partial charge in [0.25, 0.3) is 0 Å². The lowest BCUT2D eigenvalue weighted by Gasteiger charge is -2.29. The van der Waals surface area contributed by atoms with Gasteiger partial charge < -0.3 is 14.2 Å². The summed E-state index contributed by atoms with van der Waals surface area (Å²) < 4.78 is 15.6. The summed E-state index contributed by atoms with van der Waals surface area (Å²) in [4.78, 5) is 22.9. The van der Waals surface area contributed by atoms with Crippen LogP contribution in [0.15, 0.2) is 12.2 Å². The highest BCUT2D eigenvalue weighted by atomic mass is 16.7. The maximum atomic E-state index is 11.5. The van der Waals surface area contributed by atoms with Gasteiger partial charge in [-0.15, -0.1) is 0 Å². The fourth-order valence-corrected chi connectivity index (χ4v) is 1.84. The van der Waals surface area contributed by atoms with Gasteiger partial charge in [-0.25, -0.2) is 0 Å². The molecule has 0 aromatic carbocycles. The van der Waals surface area contributed by atoms with Crippen molar-refractivity contribution in [3.05, 3.63) is 19.1 Å². The van der Waals surface area contributed by atoms with Gasteiger partial charge in [0.1, 0.15) is 5.60 Å². The number of hydrogen-bond donors (Lipinski definition) is 0. The van der Waals surface area contributed by atoms with Gasteiger partial charge in [-0.2, -0.15) is 0 Å². The van der Waals surface area contributed by atoms with Gasteiger partial charge in [-0.3, -0.25) is 9.59 Å². The second-order valence-electron chi connectivity index (χ2n) is 4.03. The summed E-state index contributed by atoms with van der Waals surface area (Å²) in [6, 6.07) is 0. The maximum absolute atomic E-state index is 11.5. The summed E-state index contributed by atoms with van der Waals surface area (Å²) in [7, 11) is 0. The third-order valence-corrected chi connectivity index (χ3v) is 2.51. The zero-order valence-corrected chi connectivity index (χ0v) is 10.8. The van der Waals surface area contributed by atoms with E-state index in [9.17, 15) is 9.59 Å². The number of esters is 1. The van der Waals surface area contributed by atoms with Crippen molar-refractivity contribution >= 4 is 11.8 Å². The van der Waals surface area contributed by atoms with Crippen LogP contribution in [0, 0.1) is 6.92 Å². The van der Waals surface area contributed by atoms with Gasteiger partial charge >= 0.3 is 5.97 Å². The SMILES string of the molecule is [CH2]C(OCC)OC1(CC(=O)OCC)C=CC(=O)C1. The van der Waals surface area contributed by atoms with E-state index in [1.807, 2.05) is 6.92 Å². The number of ketones is 1. The molecule has 0 aromatic heterocycles. The highest BCUT2D eigenvalue weighted by Gasteiger charge is 2.39. The molecular weight excluding hydrogens is 236 g/mol. The lowest BCUT2D eigenvalue weighted by molar-refractivity contribution is -0.181. The van der Waals surface area contributed by atoms with Crippen LogP contribution in [0.4, 0.5) is 0 Å². The molecule has 0 fully saturated rings. The molecule has 5 heteroatoms. The first-order valence-electron chi connectivity index (χ1n) is 6.01. The highest BCUT2D eigenvalue weighted by Crippen LogP contribution is 2.30. The molecule has 5 nitrogen and oxygen atoms in total. The van der Waals surface area contributed by atoms with Crippen molar-refractivity contribution < 1.29 is 23.8 Å². The normalized spacial score (nSPS) is 24.3. The molecule has 1 aliphatic carbocycles. The van der Waals surface area contributed by atoms with E-state index in [0.29, 0.717) is 13.2 Å². The van der Waals surface area contributed by atoms with Crippen molar-refractivity contribution in [1.29, 1.82) is 0 Å². The highest BCUT2D eigenvalue weighted by molar-refractivity contribution is 5.94. The smallest absolute Gasteiger partial charge is 0.309 e. The molecule has 0 heterocycles. The summed E-state index contributed by atoms with van der Waals surface area (Å²) in [6.45, 7) is 7.96. The Morgan fingerprint density at radius 1 is 1.50 bits per heavy atom. The zero-order valence-electron chi connectivity index (χ0n) is 10.8. The van der Waals surface area contributed by atoms with Crippen molar-refractivity contribution in [2.24, 2.45) is 0 Å². The van der Waals surface area contributed by atoms with Gasteiger partial charge in [0.15, 0.2) is 12.1 Å². The molecule has 1 radical (unpaired) electrons. The molecule has 0 N–H and O–H groups in total. The van der Waals surface area contributed by atoms with Gasteiger partial charge in [-0.1, -0.05) is 0 Å².